The minimum atomic E-state index is -0.927. The van der Waals surface area contributed by atoms with E-state index in [2.05, 4.69) is 15.5 Å². The summed E-state index contributed by atoms with van der Waals surface area (Å²) in [5, 5.41) is 6.87. The van der Waals surface area contributed by atoms with E-state index in [4.69, 9.17) is 9.26 Å². The van der Waals surface area contributed by atoms with Gasteiger partial charge in [-0.1, -0.05) is 24.2 Å². The molecule has 2 aromatic rings. The zero-order chi connectivity index (χ0) is 17.4. The first-order chi connectivity index (χ1) is 12.1. The van der Waals surface area contributed by atoms with Crippen LogP contribution in [0.2, 0.25) is 0 Å². The number of nitrogens with zero attached hydrogens (tertiary/aromatic N) is 3. The lowest BCUT2D eigenvalue weighted by Crippen LogP contribution is -2.41. The Morgan fingerprint density at radius 1 is 1.48 bits per heavy atom. The van der Waals surface area contributed by atoms with Gasteiger partial charge in [-0.3, -0.25) is 0 Å². The second kappa shape index (κ2) is 6.34. The zero-order valence-corrected chi connectivity index (χ0v) is 13.9. The van der Waals surface area contributed by atoms with Gasteiger partial charge in [0.15, 0.2) is 0 Å². The van der Waals surface area contributed by atoms with Gasteiger partial charge >= 0.3 is 6.03 Å². The van der Waals surface area contributed by atoms with Gasteiger partial charge in [-0.25, -0.2) is 9.18 Å². The highest BCUT2D eigenvalue weighted by molar-refractivity contribution is 5.75. The maximum absolute atomic E-state index is 13.3. The molecular weight excluding hydrogens is 327 g/mol. The molecule has 2 aliphatic heterocycles. The Kier molecular flexibility index (Phi) is 4.03. The maximum atomic E-state index is 13.3. The molecule has 2 amide bonds. The lowest BCUT2D eigenvalue weighted by Gasteiger charge is -2.19. The molecule has 1 fully saturated rings. The lowest BCUT2D eigenvalue weighted by molar-refractivity contribution is 0.196. The first-order valence-electron chi connectivity index (χ1n) is 8.43. The number of ether oxygens (including phenoxy) is 1. The zero-order valence-electron chi connectivity index (χ0n) is 13.9. The van der Waals surface area contributed by atoms with Crippen LogP contribution in [0.5, 0.6) is 5.75 Å². The summed E-state index contributed by atoms with van der Waals surface area (Å²) in [7, 11) is 0. The van der Waals surface area contributed by atoms with Crippen molar-refractivity contribution in [1.29, 1.82) is 0 Å². The molecule has 0 saturated carbocycles. The predicted octanol–water partition coefficient (Wildman–Crippen LogP) is 2.49. The van der Waals surface area contributed by atoms with E-state index in [1.54, 1.807) is 0 Å². The fourth-order valence-electron chi connectivity index (χ4n) is 3.13. The maximum Gasteiger partial charge on any atom is 0.318 e. The van der Waals surface area contributed by atoms with Crippen molar-refractivity contribution in [1.82, 2.24) is 20.4 Å². The third-order valence-corrected chi connectivity index (χ3v) is 4.54. The molecule has 0 unspecified atom stereocenters. The van der Waals surface area contributed by atoms with E-state index < -0.39 is 6.17 Å². The van der Waals surface area contributed by atoms with E-state index in [1.807, 2.05) is 25.1 Å². The number of aryl methyl sites for hydroxylation is 1. The lowest BCUT2D eigenvalue weighted by atomic mass is 10.1. The van der Waals surface area contributed by atoms with Crippen LogP contribution in [0, 0.1) is 0 Å². The van der Waals surface area contributed by atoms with Crippen molar-refractivity contribution >= 4 is 6.03 Å². The standard InChI is InChI=1S/C17H19FN4O3/c1-2-15-20-16(21-25-15)10-3-4-12-13(9-24-14(12)7-10)19-17(23)22-6-5-11(18)8-22/h3-4,7,11,13H,2,5-6,8-9H2,1H3,(H,19,23)/t11-,13-/m1/s1. The fraction of sp³-hybridized carbons (Fsp3) is 0.471. The molecule has 4 rings (SSSR count). The number of hydrogen-bond acceptors (Lipinski definition) is 5. The number of halogens is 1. The van der Waals surface area contributed by atoms with Crippen LogP contribution >= 0.6 is 0 Å². The van der Waals surface area contributed by atoms with Crippen molar-refractivity contribution in [3.8, 4) is 17.1 Å². The van der Waals surface area contributed by atoms with Crippen molar-refractivity contribution in [3.63, 3.8) is 0 Å². The van der Waals surface area contributed by atoms with Crippen molar-refractivity contribution in [2.24, 2.45) is 0 Å². The van der Waals surface area contributed by atoms with Crippen LogP contribution in [0.25, 0.3) is 11.4 Å². The van der Waals surface area contributed by atoms with Gasteiger partial charge in [0.2, 0.25) is 11.7 Å². The highest BCUT2D eigenvalue weighted by atomic mass is 19.1. The SMILES string of the molecule is CCc1nc(-c2ccc3c(c2)OC[C@H]3NC(=O)N2CC[C@@H](F)C2)no1. The third kappa shape index (κ3) is 3.04. The Bertz CT molecular complexity index is 794. The first kappa shape index (κ1) is 15.9. The van der Waals surface area contributed by atoms with Crippen LogP contribution in [-0.4, -0.2) is 46.9 Å². The average Bonchev–Trinajstić information content (AvgIpc) is 3.34. The molecule has 1 aromatic carbocycles. The van der Waals surface area contributed by atoms with Gasteiger partial charge in [-0.05, 0) is 12.5 Å². The number of likely N-dealkylation sites (tertiary alicyclic amines) is 1. The molecule has 1 N–H and O–H groups in total. The number of benzene rings is 1. The summed E-state index contributed by atoms with van der Waals surface area (Å²) < 4.78 is 24.1. The highest BCUT2D eigenvalue weighted by Gasteiger charge is 2.31. The minimum Gasteiger partial charge on any atom is -0.491 e. The summed E-state index contributed by atoms with van der Waals surface area (Å²) in [4.78, 5) is 18.0. The quantitative estimate of drug-likeness (QED) is 0.923. The number of aromatic nitrogens is 2. The molecule has 25 heavy (non-hydrogen) atoms. The Morgan fingerprint density at radius 3 is 3.08 bits per heavy atom. The predicted molar refractivity (Wildman–Crippen MR) is 87.0 cm³/mol. The van der Waals surface area contributed by atoms with Gasteiger partial charge in [0.05, 0.1) is 12.6 Å². The number of urea groups is 1. The van der Waals surface area contributed by atoms with Crippen LogP contribution in [0.15, 0.2) is 22.7 Å². The molecule has 3 heterocycles. The molecule has 0 radical (unpaired) electrons. The number of carbonyl (C=O) groups excluding carboxylic acids is 1. The van der Waals surface area contributed by atoms with Crippen LogP contribution in [0.3, 0.4) is 0 Å². The van der Waals surface area contributed by atoms with Crippen LogP contribution in [0.1, 0.15) is 30.8 Å². The van der Waals surface area contributed by atoms with Crippen molar-refractivity contribution < 1.29 is 18.4 Å². The summed E-state index contributed by atoms with van der Waals surface area (Å²) >= 11 is 0. The Hall–Kier alpha value is -2.64. The fourth-order valence-corrected chi connectivity index (χ4v) is 3.13. The van der Waals surface area contributed by atoms with Crippen LogP contribution in [0.4, 0.5) is 9.18 Å². The monoisotopic (exact) mass is 346 g/mol. The molecule has 0 spiro atoms. The van der Waals surface area contributed by atoms with E-state index in [-0.39, 0.29) is 18.6 Å². The number of hydrogen-bond donors (Lipinski definition) is 1. The van der Waals surface area contributed by atoms with Crippen molar-refractivity contribution in [3.05, 3.63) is 29.7 Å². The largest absolute Gasteiger partial charge is 0.491 e. The van der Waals surface area contributed by atoms with E-state index in [1.165, 1.54) is 4.90 Å². The normalized spacial score (nSPS) is 21.9. The molecule has 1 aromatic heterocycles. The van der Waals surface area contributed by atoms with Gasteiger partial charge in [0, 0.05) is 24.1 Å². The first-order valence-corrected chi connectivity index (χ1v) is 8.43. The molecule has 0 aliphatic carbocycles. The summed E-state index contributed by atoms with van der Waals surface area (Å²) in [6.45, 7) is 2.90. The molecule has 8 heteroatoms. The van der Waals surface area contributed by atoms with Crippen molar-refractivity contribution in [2.75, 3.05) is 19.7 Å². The Labute approximate surface area is 144 Å². The molecule has 132 valence electrons. The van der Waals surface area contributed by atoms with Crippen LogP contribution < -0.4 is 10.1 Å². The van der Waals surface area contributed by atoms with Gasteiger partial charge in [-0.2, -0.15) is 4.98 Å². The number of alkyl halides is 1. The molecule has 1 saturated heterocycles. The average molecular weight is 346 g/mol. The molecule has 2 atom stereocenters. The molecule has 0 bridgehead atoms. The number of nitrogens with one attached hydrogen (secondary N) is 1. The van der Waals surface area contributed by atoms with Crippen LogP contribution in [-0.2, 0) is 6.42 Å². The number of rotatable bonds is 3. The smallest absolute Gasteiger partial charge is 0.318 e. The highest BCUT2D eigenvalue weighted by Crippen LogP contribution is 2.35. The van der Waals surface area contributed by atoms with Gasteiger partial charge in [0.1, 0.15) is 18.5 Å². The van der Waals surface area contributed by atoms with Gasteiger partial charge in [-0.15, -0.1) is 0 Å². The van der Waals surface area contributed by atoms with Gasteiger partial charge < -0.3 is 19.5 Å². The second-order valence-corrected chi connectivity index (χ2v) is 6.26. The summed E-state index contributed by atoms with van der Waals surface area (Å²) in [6, 6.07) is 5.12. The summed E-state index contributed by atoms with van der Waals surface area (Å²) in [6.07, 6.45) is 0.154. The molecule has 7 nitrogen and oxygen atoms in total. The topological polar surface area (TPSA) is 80.5 Å². The minimum absolute atomic E-state index is 0.156. The number of fused-ring (bicyclic) bond motifs is 1. The number of carbonyl (C=O) groups is 1. The van der Waals surface area contributed by atoms with E-state index >= 15 is 0 Å². The van der Waals surface area contributed by atoms with Gasteiger partial charge in [0.25, 0.3) is 0 Å². The Morgan fingerprint density at radius 2 is 2.36 bits per heavy atom. The third-order valence-electron chi connectivity index (χ3n) is 4.54. The Balaban J connectivity index is 1.48. The van der Waals surface area contributed by atoms with E-state index in [0.717, 1.165) is 11.1 Å². The van der Waals surface area contributed by atoms with E-state index in [0.29, 0.717) is 43.5 Å². The number of amides is 2. The molecule has 2 aliphatic rings. The van der Waals surface area contributed by atoms with Crippen molar-refractivity contribution in [2.45, 2.75) is 32.0 Å². The summed E-state index contributed by atoms with van der Waals surface area (Å²) in [5.41, 5.74) is 1.70. The molecular formula is C17H19FN4O3. The summed E-state index contributed by atoms with van der Waals surface area (Å²) in [5.74, 6) is 1.79. The second-order valence-electron chi connectivity index (χ2n) is 6.26. The van der Waals surface area contributed by atoms with E-state index in [9.17, 15) is 9.18 Å².